The van der Waals surface area contributed by atoms with Crippen LogP contribution in [0.4, 0.5) is 5.69 Å². The minimum Gasteiger partial charge on any atom is -0.496 e. The van der Waals surface area contributed by atoms with Crippen LogP contribution in [0, 0.1) is 11.3 Å². The third-order valence-corrected chi connectivity index (χ3v) is 16.9. The number of quaternary nitrogens is 1. The van der Waals surface area contributed by atoms with Crippen LogP contribution >= 0.6 is 0 Å². The molecule has 3 aromatic rings. The molecule has 63 heavy (non-hydrogen) atoms. The Bertz CT molecular complexity index is 2410. The number of esters is 3. The number of rotatable bonds is 9. The maximum atomic E-state index is 15.5. The van der Waals surface area contributed by atoms with Gasteiger partial charge in [-0.05, 0) is 75.8 Å². The van der Waals surface area contributed by atoms with Gasteiger partial charge in [0.25, 0.3) is 0 Å². The van der Waals surface area contributed by atoms with E-state index in [2.05, 4.69) is 29.8 Å². The number of benzene rings is 2. The summed E-state index contributed by atoms with van der Waals surface area (Å²) < 4.78 is 24.6. The van der Waals surface area contributed by atoms with Crippen LogP contribution in [0.5, 0.6) is 5.75 Å². The molecule has 5 aliphatic heterocycles. The number of nitrogens with one attached hydrogen (secondary N) is 1. The van der Waals surface area contributed by atoms with E-state index < -0.39 is 63.5 Å². The van der Waals surface area contributed by atoms with Crippen molar-refractivity contribution in [3.8, 4) is 5.75 Å². The number of amides is 1. The monoisotopic (exact) mass is 867 g/mol. The zero-order valence-electron chi connectivity index (χ0n) is 37.9. The number of aliphatic hydroxyl groups is 2. The Morgan fingerprint density at radius 2 is 1.75 bits per heavy atom. The molecule has 3 N–H and O–H groups in total. The van der Waals surface area contributed by atoms with E-state index in [1.807, 2.05) is 50.3 Å². The third kappa shape index (κ3) is 5.62. The minimum absolute atomic E-state index is 0.153. The number of H-pyrrole nitrogens is 1. The molecule has 3 fully saturated rings. The lowest BCUT2D eigenvalue weighted by atomic mass is 9.47. The molecule has 1 spiro atoms. The Morgan fingerprint density at radius 3 is 2.40 bits per heavy atom. The van der Waals surface area contributed by atoms with Crippen LogP contribution in [0.25, 0.3) is 10.9 Å². The van der Waals surface area contributed by atoms with E-state index in [0.717, 1.165) is 29.6 Å². The summed E-state index contributed by atoms with van der Waals surface area (Å²) in [5.74, 6) is -2.04. The number of carbonyl (C=O) groups is 4. The predicted octanol–water partition coefficient (Wildman–Crippen LogP) is 4.44. The third-order valence-electron chi connectivity index (χ3n) is 16.9. The highest BCUT2D eigenvalue weighted by Crippen LogP contribution is 2.68. The summed E-state index contributed by atoms with van der Waals surface area (Å²) in [6.07, 6.45) is 5.91. The van der Waals surface area contributed by atoms with Crippen molar-refractivity contribution in [1.82, 2.24) is 9.88 Å². The molecule has 1 amide bonds. The minimum atomic E-state index is -2.54. The number of aromatic amines is 1. The fourth-order valence-electron chi connectivity index (χ4n) is 14.4. The van der Waals surface area contributed by atoms with Gasteiger partial charge in [0.2, 0.25) is 12.0 Å². The number of anilines is 1. The topological polar surface area (TPSA) is 168 Å². The molecule has 9 rings (SSSR count). The molecule has 0 radical (unpaired) electrons. The summed E-state index contributed by atoms with van der Waals surface area (Å²) in [7, 11) is 4.12. The smallest absolute Gasteiger partial charge is 0.344 e. The lowest BCUT2D eigenvalue weighted by molar-refractivity contribution is -0.961. The molecule has 1 aliphatic carbocycles. The standard InChI is InChI=1S/C49H63N4O10/c1-9-45(58)24-31-25-48(43(56)61-7,39-33(32-14-11-12-15-36(32)50-39)16-21-53(26-31,27-45)29(3)4)35-22-34-37(23-38(35)60-6)52(28-54)41-47(34)18-20-51-19-13-17-46(10-2,40(47)51)42(63-30(5)55)49(41,59)44(57)62-8/h11-15,17,22-23,28-29,31,40-42,50,58-59H,9-10,16,18-21,24-27H2,1-8H3/q+1/t31-,40-,41+,42+,45-,46+,47+,48-,49-,53-/m0/s1. The van der Waals surface area contributed by atoms with Gasteiger partial charge in [-0.25, -0.2) is 4.79 Å². The first-order valence-electron chi connectivity index (χ1n) is 22.7. The number of hydrogen-bond acceptors (Lipinski definition) is 11. The Kier molecular flexibility index (Phi) is 10.3. The number of piperidine rings is 1. The van der Waals surface area contributed by atoms with E-state index in [4.69, 9.17) is 18.9 Å². The van der Waals surface area contributed by atoms with Crippen molar-refractivity contribution in [2.45, 2.75) is 119 Å². The van der Waals surface area contributed by atoms with Gasteiger partial charge in [-0.3, -0.25) is 19.3 Å². The van der Waals surface area contributed by atoms with Gasteiger partial charge >= 0.3 is 17.9 Å². The van der Waals surface area contributed by atoms with Crippen molar-refractivity contribution < 1.29 is 52.8 Å². The fourth-order valence-corrected chi connectivity index (χ4v) is 14.4. The average Bonchev–Trinajstić information content (AvgIpc) is 3.95. The molecule has 2 bridgehead atoms. The summed E-state index contributed by atoms with van der Waals surface area (Å²) in [5.41, 5.74) is -3.12. The van der Waals surface area contributed by atoms with Gasteiger partial charge in [-0.15, -0.1) is 0 Å². The Labute approximate surface area is 369 Å². The van der Waals surface area contributed by atoms with Gasteiger partial charge in [0.1, 0.15) is 23.3 Å². The molecule has 14 nitrogen and oxygen atoms in total. The van der Waals surface area contributed by atoms with E-state index >= 15 is 4.79 Å². The highest BCUT2D eigenvalue weighted by atomic mass is 16.6. The summed E-state index contributed by atoms with van der Waals surface area (Å²) >= 11 is 0. The normalized spacial score (nSPS) is 36.6. The lowest BCUT2D eigenvalue weighted by Gasteiger charge is -2.63. The molecule has 0 unspecified atom stereocenters. The quantitative estimate of drug-likeness (QED) is 0.0915. The molecule has 1 saturated carbocycles. The number of methoxy groups -OCH3 is 3. The SMILES string of the molecule is CC[C@]1(O)C[C@H]2C[C@](C(=O)OC)(c3cc4c(cc3OC)N(C=O)[C@H]3[C@@](O)(C(=O)OC)[C@H](OC(C)=O)[C@]5(CC)C=CCN6CC[C@]43[C@@H]65)c3[nH]c4ccccc4c3CC[N@+](C(C)C)(C2)C1. The molecule has 10 atom stereocenters. The highest BCUT2D eigenvalue weighted by molar-refractivity contribution is 5.96. The van der Waals surface area contributed by atoms with Crippen molar-refractivity contribution in [2.75, 3.05) is 59.0 Å². The average molecular weight is 868 g/mol. The maximum Gasteiger partial charge on any atom is 0.344 e. The van der Waals surface area contributed by atoms with Crippen LogP contribution in [0.1, 0.15) is 89.1 Å². The molecule has 338 valence electrons. The zero-order valence-corrected chi connectivity index (χ0v) is 37.9. The largest absolute Gasteiger partial charge is 0.496 e. The number of carbonyl (C=O) groups excluding carboxylic acids is 4. The molecule has 2 saturated heterocycles. The molecule has 6 aliphatic rings. The Balaban J connectivity index is 1.39. The highest BCUT2D eigenvalue weighted by Gasteiger charge is 2.81. The van der Waals surface area contributed by atoms with Crippen LogP contribution in [-0.2, 0) is 50.6 Å². The molecular weight excluding hydrogens is 805 g/mol. The van der Waals surface area contributed by atoms with Gasteiger partial charge in [0.05, 0.1) is 52.2 Å². The summed E-state index contributed by atoms with van der Waals surface area (Å²) in [5, 5.41) is 26.8. The molecule has 1 aromatic heterocycles. The maximum absolute atomic E-state index is 15.5. The number of hydrogen-bond donors (Lipinski definition) is 3. The first-order chi connectivity index (χ1) is 30.0. The summed E-state index contributed by atoms with van der Waals surface area (Å²) in [4.78, 5) is 64.3. The molecule has 6 heterocycles. The number of nitrogens with zero attached hydrogens (tertiary/aromatic N) is 3. The van der Waals surface area contributed by atoms with E-state index in [-0.39, 0.29) is 18.4 Å². The molecule has 14 heteroatoms. The van der Waals surface area contributed by atoms with Crippen LogP contribution in [0.15, 0.2) is 48.6 Å². The fraction of sp³-hybridized carbons (Fsp3) is 0.592. The van der Waals surface area contributed by atoms with Crippen molar-refractivity contribution in [3.05, 3.63) is 70.9 Å². The van der Waals surface area contributed by atoms with E-state index in [9.17, 15) is 24.6 Å². The number of ether oxygens (including phenoxy) is 4. The first-order valence-corrected chi connectivity index (χ1v) is 22.7. The van der Waals surface area contributed by atoms with Crippen molar-refractivity contribution in [2.24, 2.45) is 11.3 Å². The lowest BCUT2D eigenvalue weighted by Crippen LogP contribution is -2.81. The van der Waals surface area contributed by atoms with Crippen LogP contribution in [-0.4, -0.2) is 138 Å². The van der Waals surface area contributed by atoms with Gasteiger partial charge < -0.3 is 43.5 Å². The van der Waals surface area contributed by atoms with Gasteiger partial charge in [0.15, 0.2) is 6.10 Å². The second-order valence-electron chi connectivity index (χ2n) is 19.7. The van der Waals surface area contributed by atoms with E-state index in [1.54, 1.807) is 6.07 Å². The molecular formula is C49H63N4O10+. The van der Waals surface area contributed by atoms with Crippen molar-refractivity contribution in [3.63, 3.8) is 0 Å². The number of aromatic nitrogens is 1. The number of para-hydroxylation sites is 1. The van der Waals surface area contributed by atoms with Crippen LogP contribution in [0.2, 0.25) is 0 Å². The van der Waals surface area contributed by atoms with Gasteiger partial charge in [-0.2, -0.15) is 0 Å². The zero-order chi connectivity index (χ0) is 45.1. The second kappa shape index (κ2) is 14.9. The van der Waals surface area contributed by atoms with Crippen molar-refractivity contribution in [1.29, 1.82) is 0 Å². The number of fused-ring (bicyclic) bond motifs is 6. The summed E-state index contributed by atoms with van der Waals surface area (Å²) in [6, 6.07) is 10.3. The predicted molar refractivity (Wildman–Crippen MR) is 234 cm³/mol. The van der Waals surface area contributed by atoms with Gasteiger partial charge in [0, 0.05) is 70.9 Å². The van der Waals surface area contributed by atoms with E-state index in [0.29, 0.717) is 90.9 Å². The first kappa shape index (κ1) is 43.5. The molecule has 2 aromatic carbocycles. The summed E-state index contributed by atoms with van der Waals surface area (Å²) in [6.45, 7) is 12.9. The Morgan fingerprint density at radius 1 is 1.00 bits per heavy atom. The Hall–Kier alpha value is -4.76. The van der Waals surface area contributed by atoms with Gasteiger partial charge in [-0.1, -0.05) is 44.2 Å². The van der Waals surface area contributed by atoms with Crippen molar-refractivity contribution >= 4 is 40.9 Å². The van der Waals surface area contributed by atoms with Crippen LogP contribution in [0.3, 0.4) is 0 Å². The van der Waals surface area contributed by atoms with E-state index in [1.165, 1.54) is 33.2 Å². The van der Waals surface area contributed by atoms with Crippen LogP contribution < -0.4 is 9.64 Å². The second-order valence-corrected chi connectivity index (χ2v) is 19.7.